The van der Waals surface area contributed by atoms with E-state index < -0.39 is 5.97 Å². The van der Waals surface area contributed by atoms with Crippen molar-refractivity contribution in [2.45, 2.75) is 65.2 Å². The van der Waals surface area contributed by atoms with Crippen LogP contribution in [-0.2, 0) is 9.53 Å². The summed E-state index contributed by atoms with van der Waals surface area (Å²) in [6.45, 7) is 5.03. The molecule has 0 saturated carbocycles. The van der Waals surface area contributed by atoms with E-state index in [1.54, 1.807) is 6.92 Å². The van der Waals surface area contributed by atoms with Crippen molar-refractivity contribution in [2.24, 2.45) is 0 Å². The van der Waals surface area contributed by atoms with Gasteiger partial charge >= 0.3 is 5.97 Å². The fourth-order valence-corrected chi connectivity index (χ4v) is 1.88. The van der Waals surface area contributed by atoms with E-state index in [1.165, 1.54) is 51.1 Å². The summed E-state index contributed by atoms with van der Waals surface area (Å²) in [5.74, 6) is -0.557. The molecule has 0 aromatic heterocycles. The molecule has 0 aliphatic heterocycles. The Morgan fingerprint density at radius 1 is 1.10 bits per heavy atom. The largest absolute Gasteiger partial charge is 0.462 e. The van der Waals surface area contributed by atoms with E-state index >= 15 is 0 Å². The summed E-state index contributed by atoms with van der Waals surface area (Å²) in [6.07, 6.45) is 11.6. The number of nitriles is 1. The van der Waals surface area contributed by atoms with Gasteiger partial charge in [-0.3, -0.25) is 0 Å². The third-order valence-electron chi connectivity index (χ3n) is 3.04. The van der Waals surface area contributed by atoms with Crippen LogP contribution in [0.15, 0.2) is 11.8 Å². The summed E-state index contributed by atoms with van der Waals surface area (Å²) in [6, 6.07) is 1.84. The van der Waals surface area contributed by atoms with Crippen LogP contribution in [0.3, 0.4) is 0 Å². The second-order valence-electron chi connectivity index (χ2n) is 4.82. The molecule has 1 N–H and O–H groups in total. The van der Waals surface area contributed by atoms with Gasteiger partial charge in [-0.2, -0.15) is 5.26 Å². The maximum Gasteiger partial charge on any atom is 0.350 e. The minimum Gasteiger partial charge on any atom is -0.462 e. The van der Waals surface area contributed by atoms with Gasteiger partial charge in [-0.05, 0) is 13.3 Å². The molecule has 20 heavy (non-hydrogen) atoms. The van der Waals surface area contributed by atoms with Gasteiger partial charge in [-0.1, -0.05) is 51.9 Å². The fraction of sp³-hybridized carbons (Fsp3) is 0.750. The molecular formula is C16H28N2O2. The number of hydrogen-bond acceptors (Lipinski definition) is 4. The molecule has 0 unspecified atom stereocenters. The number of carbonyl (C=O) groups is 1. The van der Waals surface area contributed by atoms with Gasteiger partial charge in [0.1, 0.15) is 6.07 Å². The first-order valence-corrected chi connectivity index (χ1v) is 7.77. The summed E-state index contributed by atoms with van der Waals surface area (Å²) in [5, 5.41) is 11.8. The highest BCUT2D eigenvalue weighted by Gasteiger charge is 2.08. The van der Waals surface area contributed by atoms with E-state index in [4.69, 9.17) is 10.00 Å². The number of carbonyl (C=O) groups excluding carboxylic acids is 1. The fourth-order valence-electron chi connectivity index (χ4n) is 1.88. The van der Waals surface area contributed by atoms with Crippen LogP contribution in [0.5, 0.6) is 0 Å². The number of ether oxygens (including phenoxy) is 1. The summed E-state index contributed by atoms with van der Waals surface area (Å²) in [7, 11) is 0. The van der Waals surface area contributed by atoms with Crippen LogP contribution in [0.2, 0.25) is 0 Å². The third-order valence-corrected chi connectivity index (χ3v) is 3.04. The van der Waals surface area contributed by atoms with Gasteiger partial charge in [0.2, 0.25) is 0 Å². The van der Waals surface area contributed by atoms with Crippen LogP contribution < -0.4 is 5.32 Å². The molecule has 0 aliphatic rings. The van der Waals surface area contributed by atoms with E-state index in [0.29, 0.717) is 0 Å². The first-order chi connectivity index (χ1) is 9.76. The molecule has 4 nitrogen and oxygen atoms in total. The lowest BCUT2D eigenvalue weighted by molar-refractivity contribution is -0.138. The molecule has 0 rings (SSSR count). The summed E-state index contributed by atoms with van der Waals surface area (Å²) >= 11 is 0. The van der Waals surface area contributed by atoms with Gasteiger partial charge in [-0.25, -0.2) is 4.79 Å². The molecule has 0 aromatic carbocycles. The van der Waals surface area contributed by atoms with Gasteiger partial charge in [0, 0.05) is 12.7 Å². The lowest BCUT2D eigenvalue weighted by Crippen LogP contribution is -2.13. The Morgan fingerprint density at radius 3 is 2.25 bits per heavy atom. The molecule has 0 spiro atoms. The van der Waals surface area contributed by atoms with Gasteiger partial charge < -0.3 is 10.1 Å². The number of unbranched alkanes of at least 4 members (excludes halogenated alkanes) is 7. The summed E-state index contributed by atoms with van der Waals surface area (Å²) in [5.41, 5.74) is 0.0337. The van der Waals surface area contributed by atoms with Gasteiger partial charge in [0.15, 0.2) is 5.57 Å². The maximum absolute atomic E-state index is 11.3. The molecule has 0 heterocycles. The SMILES string of the molecule is CCCCCCCCCCNC=C(C#N)C(=O)OCC. The van der Waals surface area contributed by atoms with Gasteiger partial charge in [0.25, 0.3) is 0 Å². The predicted molar refractivity (Wildman–Crippen MR) is 80.9 cm³/mol. The normalized spacial score (nSPS) is 10.9. The first kappa shape index (κ1) is 18.5. The van der Waals surface area contributed by atoms with E-state index in [1.807, 2.05) is 6.07 Å². The average Bonchev–Trinajstić information content (AvgIpc) is 2.45. The Morgan fingerprint density at radius 2 is 1.70 bits per heavy atom. The Kier molecular flexibility index (Phi) is 12.9. The monoisotopic (exact) mass is 280 g/mol. The van der Waals surface area contributed by atoms with Crippen molar-refractivity contribution in [2.75, 3.05) is 13.2 Å². The average molecular weight is 280 g/mol. The topological polar surface area (TPSA) is 62.1 Å². The molecule has 4 heteroatoms. The van der Waals surface area contributed by atoms with Crippen LogP contribution in [0.1, 0.15) is 65.2 Å². The number of nitrogens with zero attached hydrogens (tertiary/aromatic N) is 1. The number of rotatable bonds is 12. The molecule has 0 atom stereocenters. The lowest BCUT2D eigenvalue weighted by Gasteiger charge is -2.03. The highest BCUT2D eigenvalue weighted by Crippen LogP contribution is 2.07. The molecule has 0 saturated heterocycles. The molecule has 0 aromatic rings. The minimum atomic E-state index is -0.557. The zero-order valence-electron chi connectivity index (χ0n) is 12.9. The summed E-state index contributed by atoms with van der Waals surface area (Å²) < 4.78 is 4.77. The molecule has 114 valence electrons. The molecule has 0 bridgehead atoms. The van der Waals surface area contributed by atoms with Crippen molar-refractivity contribution in [1.82, 2.24) is 5.32 Å². The van der Waals surface area contributed by atoms with Crippen molar-refractivity contribution in [1.29, 1.82) is 5.26 Å². The molecule has 0 fully saturated rings. The van der Waals surface area contributed by atoms with Crippen molar-refractivity contribution in [3.05, 3.63) is 11.8 Å². The Hall–Kier alpha value is -1.50. The number of esters is 1. The zero-order valence-corrected chi connectivity index (χ0v) is 12.9. The Balaban J connectivity index is 3.54. The Bertz CT molecular complexity index is 319. The van der Waals surface area contributed by atoms with Crippen LogP contribution in [0, 0.1) is 11.3 Å². The number of nitrogens with one attached hydrogen (secondary N) is 1. The molecule has 0 radical (unpaired) electrons. The number of hydrogen-bond donors (Lipinski definition) is 1. The minimum absolute atomic E-state index is 0.0337. The maximum atomic E-state index is 11.3. The zero-order chi connectivity index (χ0) is 15.1. The third kappa shape index (κ3) is 10.4. The quantitative estimate of drug-likeness (QED) is 0.256. The summed E-state index contributed by atoms with van der Waals surface area (Å²) in [4.78, 5) is 11.3. The molecule has 0 aliphatic carbocycles. The van der Waals surface area contributed by atoms with Gasteiger partial charge in [-0.15, -0.1) is 0 Å². The van der Waals surface area contributed by atoms with Crippen molar-refractivity contribution in [3.8, 4) is 6.07 Å². The molecular weight excluding hydrogens is 252 g/mol. The van der Waals surface area contributed by atoms with E-state index in [2.05, 4.69) is 12.2 Å². The predicted octanol–water partition coefficient (Wildman–Crippen LogP) is 3.69. The second-order valence-corrected chi connectivity index (χ2v) is 4.82. The van der Waals surface area contributed by atoms with Crippen molar-refractivity contribution in [3.63, 3.8) is 0 Å². The van der Waals surface area contributed by atoms with E-state index in [-0.39, 0.29) is 12.2 Å². The smallest absolute Gasteiger partial charge is 0.350 e. The highest BCUT2D eigenvalue weighted by molar-refractivity contribution is 5.92. The van der Waals surface area contributed by atoms with E-state index in [0.717, 1.165) is 13.0 Å². The highest BCUT2D eigenvalue weighted by atomic mass is 16.5. The van der Waals surface area contributed by atoms with Crippen LogP contribution >= 0.6 is 0 Å². The van der Waals surface area contributed by atoms with Crippen LogP contribution in [0.4, 0.5) is 0 Å². The van der Waals surface area contributed by atoms with Crippen LogP contribution in [-0.4, -0.2) is 19.1 Å². The van der Waals surface area contributed by atoms with Gasteiger partial charge in [0.05, 0.1) is 6.61 Å². The molecule has 0 amide bonds. The van der Waals surface area contributed by atoms with Crippen molar-refractivity contribution < 1.29 is 9.53 Å². The van der Waals surface area contributed by atoms with Crippen LogP contribution in [0.25, 0.3) is 0 Å². The lowest BCUT2D eigenvalue weighted by atomic mass is 10.1. The first-order valence-electron chi connectivity index (χ1n) is 7.77. The van der Waals surface area contributed by atoms with Crippen molar-refractivity contribution >= 4 is 5.97 Å². The second kappa shape index (κ2) is 13.9. The Labute approximate surface area is 123 Å². The standard InChI is InChI=1S/C16H28N2O2/c1-3-5-6-7-8-9-10-11-12-18-14-15(13-17)16(19)20-4-2/h14,18H,3-12H2,1-2H3. The van der Waals surface area contributed by atoms with E-state index in [9.17, 15) is 4.79 Å².